The van der Waals surface area contributed by atoms with Crippen LogP contribution in [-0.4, -0.2) is 28.9 Å². The van der Waals surface area contributed by atoms with Crippen LogP contribution in [0.3, 0.4) is 0 Å². The Balaban J connectivity index is 1.39. The molecule has 1 amide bonds. The van der Waals surface area contributed by atoms with Gasteiger partial charge in [0.25, 0.3) is 5.91 Å². The second-order valence-electron chi connectivity index (χ2n) is 7.97. The first kappa shape index (κ1) is 18.6. The van der Waals surface area contributed by atoms with E-state index in [0.29, 0.717) is 28.8 Å². The van der Waals surface area contributed by atoms with E-state index in [4.69, 9.17) is 5.26 Å². The van der Waals surface area contributed by atoms with Gasteiger partial charge in [0, 0.05) is 30.2 Å². The van der Waals surface area contributed by atoms with Crippen LogP contribution in [0, 0.1) is 24.1 Å². The average Bonchev–Trinajstić information content (AvgIpc) is 2.91. The zero-order valence-electron chi connectivity index (χ0n) is 16.0. The molecule has 144 valence electrons. The molecule has 2 saturated heterocycles. The smallest absolute Gasteiger partial charge is 0.251 e. The predicted octanol–water partition coefficient (Wildman–Crippen LogP) is 3.93. The lowest BCUT2D eigenvalue weighted by molar-refractivity contribution is 0.0827. The molecule has 2 fully saturated rings. The topological polar surface area (TPSA) is 56.1 Å². The molecule has 2 aliphatic heterocycles. The van der Waals surface area contributed by atoms with Crippen molar-refractivity contribution in [1.82, 2.24) is 10.2 Å². The summed E-state index contributed by atoms with van der Waals surface area (Å²) in [6.07, 6.45) is 4.20. The monoisotopic (exact) mass is 377 g/mol. The van der Waals surface area contributed by atoms with Crippen LogP contribution in [-0.2, 0) is 6.54 Å². The summed E-state index contributed by atoms with van der Waals surface area (Å²) in [6, 6.07) is 15.4. The minimum absolute atomic E-state index is 0.109. The number of rotatable bonds is 4. The summed E-state index contributed by atoms with van der Waals surface area (Å²) in [6.45, 7) is 2.65. The molecule has 2 aromatic rings. The number of nitriles is 1. The summed E-state index contributed by atoms with van der Waals surface area (Å²) in [5.74, 6) is -0.425. The molecule has 0 aliphatic carbocycles. The summed E-state index contributed by atoms with van der Waals surface area (Å²) >= 11 is 0. The molecule has 2 aromatic carbocycles. The number of piperidine rings is 1. The number of hydrogen-bond donors (Lipinski definition) is 1. The van der Waals surface area contributed by atoms with Gasteiger partial charge in [-0.1, -0.05) is 12.1 Å². The number of amides is 1. The Bertz CT molecular complexity index is 904. The van der Waals surface area contributed by atoms with Gasteiger partial charge in [-0.2, -0.15) is 5.26 Å². The molecule has 1 N–H and O–H groups in total. The zero-order chi connectivity index (χ0) is 19.7. The molecule has 0 spiro atoms. The molecular weight excluding hydrogens is 353 g/mol. The fourth-order valence-corrected chi connectivity index (χ4v) is 4.69. The van der Waals surface area contributed by atoms with E-state index in [1.807, 2.05) is 24.3 Å². The molecule has 2 bridgehead atoms. The normalized spacial score (nSPS) is 24.0. The van der Waals surface area contributed by atoms with Crippen LogP contribution in [0.1, 0.15) is 52.7 Å². The number of nitrogens with one attached hydrogen (secondary N) is 1. The maximum Gasteiger partial charge on any atom is 0.251 e. The lowest BCUT2D eigenvalue weighted by Gasteiger charge is -2.39. The highest BCUT2D eigenvalue weighted by Gasteiger charge is 2.41. The number of hydrogen-bond acceptors (Lipinski definition) is 3. The van der Waals surface area contributed by atoms with Crippen molar-refractivity contribution in [2.45, 2.75) is 57.3 Å². The number of halogens is 1. The molecule has 2 heterocycles. The molecule has 28 heavy (non-hydrogen) atoms. The molecule has 2 unspecified atom stereocenters. The van der Waals surface area contributed by atoms with Gasteiger partial charge in [0.1, 0.15) is 5.82 Å². The highest BCUT2D eigenvalue weighted by atomic mass is 19.1. The quantitative estimate of drug-likeness (QED) is 0.878. The van der Waals surface area contributed by atoms with Gasteiger partial charge in [0.15, 0.2) is 0 Å². The van der Waals surface area contributed by atoms with Crippen molar-refractivity contribution in [2.24, 2.45) is 0 Å². The van der Waals surface area contributed by atoms with Crippen LogP contribution in [0.5, 0.6) is 0 Å². The van der Waals surface area contributed by atoms with E-state index in [9.17, 15) is 9.18 Å². The van der Waals surface area contributed by atoms with Gasteiger partial charge in [-0.05, 0) is 74.1 Å². The van der Waals surface area contributed by atoms with Crippen molar-refractivity contribution in [3.05, 3.63) is 70.5 Å². The fraction of sp³-hybridized carbons (Fsp3) is 0.391. The molecule has 4 rings (SSSR count). The van der Waals surface area contributed by atoms with Crippen LogP contribution in [0.2, 0.25) is 0 Å². The van der Waals surface area contributed by atoms with Crippen molar-refractivity contribution in [3.63, 3.8) is 0 Å². The standard InChI is InChI=1S/C23H24FN3O/c1-15-10-18(24)6-9-22(15)23(28)26-19-11-20-7-8-21(12-19)27(20)14-17-4-2-16(13-25)3-5-17/h2-6,9-10,19-21H,7-8,11-12,14H2,1H3,(H,26,28). The van der Waals surface area contributed by atoms with Gasteiger partial charge in [-0.3, -0.25) is 9.69 Å². The maximum atomic E-state index is 13.3. The van der Waals surface area contributed by atoms with Crippen molar-refractivity contribution in [2.75, 3.05) is 0 Å². The van der Waals surface area contributed by atoms with Crippen LogP contribution in [0.4, 0.5) is 4.39 Å². The third-order valence-corrected chi connectivity index (χ3v) is 6.10. The molecule has 5 heteroatoms. The first-order chi connectivity index (χ1) is 13.5. The van der Waals surface area contributed by atoms with E-state index in [2.05, 4.69) is 16.3 Å². The van der Waals surface area contributed by atoms with Gasteiger partial charge >= 0.3 is 0 Å². The van der Waals surface area contributed by atoms with Crippen molar-refractivity contribution in [1.29, 1.82) is 5.26 Å². The van der Waals surface area contributed by atoms with Crippen LogP contribution >= 0.6 is 0 Å². The molecule has 2 aliphatic rings. The highest BCUT2D eigenvalue weighted by molar-refractivity contribution is 5.95. The van der Waals surface area contributed by atoms with Crippen molar-refractivity contribution in [3.8, 4) is 6.07 Å². The highest BCUT2D eigenvalue weighted by Crippen LogP contribution is 2.37. The summed E-state index contributed by atoms with van der Waals surface area (Å²) in [5.41, 5.74) is 3.12. The van der Waals surface area contributed by atoms with Crippen molar-refractivity contribution >= 4 is 5.91 Å². The third-order valence-electron chi connectivity index (χ3n) is 6.10. The Labute approximate surface area is 165 Å². The summed E-state index contributed by atoms with van der Waals surface area (Å²) < 4.78 is 13.3. The lowest BCUT2D eigenvalue weighted by Crippen LogP contribution is -2.50. The molecular formula is C23H24FN3O. The second-order valence-corrected chi connectivity index (χ2v) is 7.97. The van der Waals surface area contributed by atoms with Gasteiger partial charge in [0.05, 0.1) is 11.6 Å². The zero-order valence-corrected chi connectivity index (χ0v) is 16.0. The van der Waals surface area contributed by atoms with Crippen molar-refractivity contribution < 1.29 is 9.18 Å². The predicted molar refractivity (Wildman–Crippen MR) is 105 cm³/mol. The minimum Gasteiger partial charge on any atom is -0.349 e. The van der Waals surface area contributed by atoms with Gasteiger partial charge in [0.2, 0.25) is 0 Å². The van der Waals surface area contributed by atoms with E-state index < -0.39 is 0 Å². The maximum absolute atomic E-state index is 13.3. The summed E-state index contributed by atoms with van der Waals surface area (Å²) in [7, 11) is 0. The average molecular weight is 377 g/mol. The number of carbonyl (C=O) groups excluding carboxylic acids is 1. The fourth-order valence-electron chi connectivity index (χ4n) is 4.69. The number of carbonyl (C=O) groups is 1. The number of nitrogens with zero attached hydrogens (tertiary/aromatic N) is 2. The lowest BCUT2D eigenvalue weighted by atomic mass is 9.95. The number of aryl methyl sites for hydroxylation is 1. The van der Waals surface area contributed by atoms with E-state index in [1.54, 1.807) is 13.0 Å². The first-order valence-electron chi connectivity index (χ1n) is 9.85. The largest absolute Gasteiger partial charge is 0.349 e. The molecule has 0 aromatic heterocycles. The Kier molecular flexibility index (Phi) is 5.15. The van der Waals surface area contributed by atoms with E-state index in [1.165, 1.54) is 17.7 Å². The molecule has 2 atom stereocenters. The molecule has 0 saturated carbocycles. The number of fused-ring (bicyclic) bond motifs is 2. The Morgan fingerprint density at radius 3 is 2.46 bits per heavy atom. The Morgan fingerprint density at radius 1 is 1.18 bits per heavy atom. The second kappa shape index (κ2) is 7.73. The summed E-state index contributed by atoms with van der Waals surface area (Å²) in [5, 5.41) is 12.1. The summed E-state index contributed by atoms with van der Waals surface area (Å²) in [4.78, 5) is 15.2. The molecule has 0 radical (unpaired) electrons. The Hall–Kier alpha value is -2.71. The van der Waals surface area contributed by atoms with E-state index in [-0.39, 0.29) is 17.8 Å². The number of benzene rings is 2. The van der Waals surface area contributed by atoms with E-state index >= 15 is 0 Å². The van der Waals surface area contributed by atoms with Gasteiger partial charge < -0.3 is 5.32 Å². The van der Waals surface area contributed by atoms with Crippen LogP contribution < -0.4 is 5.32 Å². The minimum atomic E-state index is -0.316. The van der Waals surface area contributed by atoms with Crippen LogP contribution in [0.25, 0.3) is 0 Å². The molecule has 4 nitrogen and oxygen atoms in total. The van der Waals surface area contributed by atoms with Gasteiger partial charge in [-0.15, -0.1) is 0 Å². The Morgan fingerprint density at radius 2 is 1.86 bits per heavy atom. The first-order valence-corrected chi connectivity index (χ1v) is 9.85. The SMILES string of the molecule is Cc1cc(F)ccc1C(=O)NC1CC2CCC(C1)N2Cc1ccc(C#N)cc1. The van der Waals surface area contributed by atoms with Gasteiger partial charge in [-0.25, -0.2) is 4.39 Å². The van der Waals surface area contributed by atoms with Crippen LogP contribution in [0.15, 0.2) is 42.5 Å². The van der Waals surface area contributed by atoms with E-state index in [0.717, 1.165) is 32.2 Å². The third kappa shape index (κ3) is 3.79.